The fraction of sp³-hybridized carbons (Fsp3) is 0.583. The molecule has 0 aromatic carbocycles. The molecule has 0 saturated carbocycles. The molecule has 1 aromatic rings. The zero-order valence-electron chi connectivity index (χ0n) is 9.99. The van der Waals surface area contributed by atoms with Crippen molar-refractivity contribution in [3.05, 3.63) is 21.3 Å². The van der Waals surface area contributed by atoms with Gasteiger partial charge in [0.2, 0.25) is 5.91 Å². The van der Waals surface area contributed by atoms with Crippen LogP contribution in [0.1, 0.15) is 18.2 Å². The Morgan fingerprint density at radius 3 is 2.59 bits per heavy atom. The molecular weight excluding hydrogens is 256 g/mol. The smallest absolute Gasteiger partial charge is 0.222 e. The Morgan fingerprint density at radius 1 is 1.35 bits per heavy atom. The van der Waals surface area contributed by atoms with Gasteiger partial charge in [-0.2, -0.15) is 0 Å². The zero-order chi connectivity index (χ0) is 12.3. The monoisotopic (exact) mass is 272 g/mol. The van der Waals surface area contributed by atoms with E-state index in [4.69, 9.17) is 11.6 Å². The van der Waals surface area contributed by atoms with Crippen molar-refractivity contribution in [2.45, 2.75) is 19.9 Å². The Bertz CT molecular complexity index is 386. The lowest BCUT2D eigenvalue weighted by molar-refractivity contribution is -0.132. The average molecular weight is 273 g/mol. The van der Waals surface area contributed by atoms with E-state index < -0.39 is 0 Å². The molecule has 0 spiro atoms. The second-order valence-electron chi connectivity index (χ2n) is 4.22. The van der Waals surface area contributed by atoms with Crippen LogP contribution in [0, 0.1) is 0 Å². The van der Waals surface area contributed by atoms with E-state index in [1.165, 1.54) is 4.88 Å². The highest BCUT2D eigenvalue weighted by molar-refractivity contribution is 7.16. The molecule has 17 heavy (non-hydrogen) atoms. The number of rotatable bonds is 3. The predicted molar refractivity (Wildman–Crippen MR) is 71.5 cm³/mol. The first kappa shape index (κ1) is 12.9. The molecule has 5 heteroatoms. The molecule has 0 unspecified atom stereocenters. The van der Waals surface area contributed by atoms with Crippen molar-refractivity contribution < 1.29 is 4.79 Å². The van der Waals surface area contributed by atoms with Gasteiger partial charge in [-0.25, -0.2) is 0 Å². The number of piperazine rings is 1. The fourth-order valence-corrected chi connectivity index (χ4v) is 3.17. The van der Waals surface area contributed by atoms with E-state index in [2.05, 4.69) is 11.0 Å². The molecule has 0 aliphatic carbocycles. The van der Waals surface area contributed by atoms with Gasteiger partial charge in [-0.15, -0.1) is 11.3 Å². The van der Waals surface area contributed by atoms with Crippen LogP contribution in [0.4, 0.5) is 0 Å². The first-order valence-electron chi connectivity index (χ1n) is 5.93. The topological polar surface area (TPSA) is 23.6 Å². The highest BCUT2D eigenvalue weighted by Gasteiger charge is 2.20. The summed E-state index contributed by atoms with van der Waals surface area (Å²) < 4.78 is 0.847. The van der Waals surface area contributed by atoms with Crippen molar-refractivity contribution in [2.75, 3.05) is 26.2 Å². The van der Waals surface area contributed by atoms with Crippen molar-refractivity contribution >= 4 is 28.8 Å². The van der Waals surface area contributed by atoms with E-state index in [9.17, 15) is 4.79 Å². The highest BCUT2D eigenvalue weighted by atomic mass is 35.5. The van der Waals surface area contributed by atoms with Crippen LogP contribution in [-0.2, 0) is 11.3 Å². The van der Waals surface area contributed by atoms with E-state index in [0.717, 1.165) is 37.1 Å². The van der Waals surface area contributed by atoms with Crippen LogP contribution in [-0.4, -0.2) is 41.9 Å². The van der Waals surface area contributed by atoms with E-state index in [1.54, 1.807) is 11.3 Å². The second kappa shape index (κ2) is 5.85. The zero-order valence-corrected chi connectivity index (χ0v) is 11.6. The number of carbonyl (C=O) groups excluding carboxylic acids is 1. The third kappa shape index (κ3) is 3.44. The molecule has 0 atom stereocenters. The average Bonchev–Trinajstić information content (AvgIpc) is 2.75. The molecule has 1 aromatic heterocycles. The Kier molecular flexibility index (Phi) is 4.42. The third-order valence-corrected chi connectivity index (χ3v) is 4.25. The van der Waals surface area contributed by atoms with Crippen LogP contribution in [0.5, 0.6) is 0 Å². The Morgan fingerprint density at radius 2 is 2.06 bits per heavy atom. The van der Waals surface area contributed by atoms with Crippen LogP contribution >= 0.6 is 22.9 Å². The largest absolute Gasteiger partial charge is 0.340 e. The van der Waals surface area contributed by atoms with Gasteiger partial charge in [0.15, 0.2) is 0 Å². The Hall–Kier alpha value is -0.580. The van der Waals surface area contributed by atoms with Gasteiger partial charge in [0, 0.05) is 44.0 Å². The maximum absolute atomic E-state index is 11.5. The van der Waals surface area contributed by atoms with Gasteiger partial charge in [-0.1, -0.05) is 18.5 Å². The summed E-state index contributed by atoms with van der Waals surface area (Å²) in [4.78, 5) is 17.2. The molecule has 1 aliphatic rings. The second-order valence-corrected chi connectivity index (χ2v) is 6.02. The summed E-state index contributed by atoms with van der Waals surface area (Å²) in [5, 5.41) is 0. The van der Waals surface area contributed by atoms with Gasteiger partial charge >= 0.3 is 0 Å². The molecule has 2 rings (SSSR count). The normalized spacial score (nSPS) is 17.4. The van der Waals surface area contributed by atoms with E-state index >= 15 is 0 Å². The fourth-order valence-electron chi connectivity index (χ4n) is 2.04. The number of carbonyl (C=O) groups is 1. The van der Waals surface area contributed by atoms with E-state index in [-0.39, 0.29) is 5.91 Å². The Balaban J connectivity index is 1.81. The van der Waals surface area contributed by atoms with Crippen molar-refractivity contribution in [1.82, 2.24) is 9.80 Å². The van der Waals surface area contributed by atoms with E-state index in [1.807, 2.05) is 17.9 Å². The lowest BCUT2D eigenvalue weighted by Gasteiger charge is -2.34. The predicted octanol–water partition coefficient (Wildman–Crippen LogP) is 2.46. The first-order valence-corrected chi connectivity index (χ1v) is 7.13. The minimum Gasteiger partial charge on any atom is -0.340 e. The molecule has 1 fully saturated rings. The maximum atomic E-state index is 11.5. The van der Waals surface area contributed by atoms with Gasteiger partial charge < -0.3 is 4.90 Å². The number of thiophene rings is 1. The molecule has 0 N–H and O–H groups in total. The molecule has 0 radical (unpaired) electrons. The maximum Gasteiger partial charge on any atom is 0.222 e. The minimum atomic E-state index is 0.267. The number of hydrogen-bond donors (Lipinski definition) is 0. The van der Waals surface area contributed by atoms with Crippen LogP contribution in [0.15, 0.2) is 12.1 Å². The molecule has 0 bridgehead atoms. The van der Waals surface area contributed by atoms with Crippen molar-refractivity contribution in [2.24, 2.45) is 0 Å². The first-order chi connectivity index (χ1) is 8.19. The van der Waals surface area contributed by atoms with E-state index in [0.29, 0.717) is 6.42 Å². The lowest BCUT2D eigenvalue weighted by atomic mass is 10.3. The van der Waals surface area contributed by atoms with Gasteiger partial charge in [-0.3, -0.25) is 9.69 Å². The van der Waals surface area contributed by atoms with Crippen LogP contribution in [0.2, 0.25) is 4.34 Å². The minimum absolute atomic E-state index is 0.267. The summed E-state index contributed by atoms with van der Waals surface area (Å²) in [5.74, 6) is 0.267. The number of amides is 1. The summed E-state index contributed by atoms with van der Waals surface area (Å²) in [7, 11) is 0. The molecule has 1 amide bonds. The summed E-state index contributed by atoms with van der Waals surface area (Å²) in [6, 6.07) is 4.02. The van der Waals surface area contributed by atoms with Crippen LogP contribution < -0.4 is 0 Å². The standard InChI is InChI=1S/C12H17ClN2OS/c1-2-12(16)15-7-5-14(6-8-15)9-10-3-4-11(13)17-10/h3-4H,2,5-9H2,1H3. The SMILES string of the molecule is CCC(=O)N1CCN(Cc2ccc(Cl)s2)CC1. The molecule has 1 saturated heterocycles. The Labute approximate surface area is 111 Å². The lowest BCUT2D eigenvalue weighted by Crippen LogP contribution is -2.48. The molecule has 2 heterocycles. The summed E-state index contributed by atoms with van der Waals surface area (Å²) >= 11 is 7.54. The summed E-state index contributed by atoms with van der Waals surface area (Å²) in [6.45, 7) is 6.49. The van der Waals surface area contributed by atoms with Gasteiger partial charge in [0.25, 0.3) is 0 Å². The molecule has 3 nitrogen and oxygen atoms in total. The van der Waals surface area contributed by atoms with Gasteiger partial charge in [0.1, 0.15) is 0 Å². The third-order valence-electron chi connectivity index (χ3n) is 3.04. The summed E-state index contributed by atoms with van der Waals surface area (Å²) in [6.07, 6.45) is 0.612. The van der Waals surface area contributed by atoms with Crippen molar-refractivity contribution in [1.29, 1.82) is 0 Å². The molecule has 1 aliphatic heterocycles. The van der Waals surface area contributed by atoms with Gasteiger partial charge in [0.05, 0.1) is 4.34 Å². The highest BCUT2D eigenvalue weighted by Crippen LogP contribution is 2.23. The van der Waals surface area contributed by atoms with Crippen LogP contribution in [0.3, 0.4) is 0 Å². The molecular formula is C12H17ClN2OS. The van der Waals surface area contributed by atoms with Crippen molar-refractivity contribution in [3.63, 3.8) is 0 Å². The van der Waals surface area contributed by atoms with Crippen LogP contribution in [0.25, 0.3) is 0 Å². The quantitative estimate of drug-likeness (QED) is 0.844. The summed E-state index contributed by atoms with van der Waals surface area (Å²) in [5.41, 5.74) is 0. The number of halogens is 1. The van der Waals surface area contributed by atoms with Crippen molar-refractivity contribution in [3.8, 4) is 0 Å². The number of hydrogen-bond acceptors (Lipinski definition) is 3. The molecule has 94 valence electrons. The number of nitrogens with zero attached hydrogens (tertiary/aromatic N) is 2. The van der Waals surface area contributed by atoms with Gasteiger partial charge in [-0.05, 0) is 12.1 Å².